The number of ether oxygens (including phenoxy) is 1. The molecule has 0 fully saturated rings. The van der Waals surface area contributed by atoms with E-state index in [2.05, 4.69) is 20.6 Å². The molecule has 0 saturated carbocycles. The Morgan fingerprint density at radius 3 is 2.73 bits per heavy atom. The molecule has 4 rings (SSSR count). The number of rotatable bonds is 10. The van der Waals surface area contributed by atoms with Crippen LogP contribution in [-0.4, -0.2) is 61.0 Å². The molecule has 1 amide bonds. The lowest BCUT2D eigenvalue weighted by Crippen LogP contribution is -2.33. The van der Waals surface area contributed by atoms with Gasteiger partial charge >= 0.3 is 0 Å². The molecule has 37 heavy (non-hydrogen) atoms. The van der Waals surface area contributed by atoms with Gasteiger partial charge in [0.05, 0.1) is 24.0 Å². The molecule has 2 aromatic heterocycles. The second kappa shape index (κ2) is 12.0. The maximum Gasteiger partial charge on any atom is 0.258 e. The number of halogens is 2. The minimum atomic E-state index is -0.574. The van der Waals surface area contributed by atoms with Crippen LogP contribution in [0.3, 0.4) is 0 Å². The van der Waals surface area contributed by atoms with E-state index in [-0.39, 0.29) is 29.7 Å². The van der Waals surface area contributed by atoms with E-state index < -0.39 is 11.9 Å². The maximum atomic E-state index is 15.1. The molecule has 3 aromatic rings. The third-order valence-electron chi connectivity index (χ3n) is 6.21. The summed E-state index contributed by atoms with van der Waals surface area (Å²) in [4.78, 5) is 25.6. The molecule has 0 aliphatic carbocycles. The van der Waals surface area contributed by atoms with Crippen LogP contribution in [0.4, 0.5) is 20.4 Å². The standard InChI is InChI=1S/C27H32F2N6O2/c1-4-31-25-9-8-21-26(33-25)34(3)12-13-35(27(21)36)17-23-22(29)15-20(16-32-23)37-24(10-11-30-2)18-6-5-7-19(28)14-18/h5-9,14-16,24,30H,4,10-13,17H2,1-3H3,(H,31,33). The number of nitrogens with zero attached hydrogens (tertiary/aromatic N) is 4. The number of amides is 1. The van der Waals surface area contributed by atoms with Crippen LogP contribution in [0.5, 0.6) is 5.75 Å². The maximum absolute atomic E-state index is 15.1. The van der Waals surface area contributed by atoms with Crippen molar-refractivity contribution in [2.45, 2.75) is 26.0 Å². The van der Waals surface area contributed by atoms with Gasteiger partial charge in [0.2, 0.25) is 0 Å². The minimum absolute atomic E-state index is 0.0142. The second-order valence-corrected chi connectivity index (χ2v) is 8.90. The van der Waals surface area contributed by atoms with Gasteiger partial charge in [-0.15, -0.1) is 0 Å². The average molecular weight is 511 g/mol. The van der Waals surface area contributed by atoms with Crippen molar-refractivity contribution in [3.63, 3.8) is 0 Å². The highest BCUT2D eigenvalue weighted by Crippen LogP contribution is 2.28. The zero-order chi connectivity index (χ0) is 26.4. The number of carbonyl (C=O) groups is 1. The predicted molar refractivity (Wildman–Crippen MR) is 139 cm³/mol. The number of hydrogen-bond acceptors (Lipinski definition) is 7. The molecule has 2 N–H and O–H groups in total. The largest absolute Gasteiger partial charge is 0.484 e. The Labute approximate surface area is 215 Å². The van der Waals surface area contributed by atoms with Gasteiger partial charge in [-0.25, -0.2) is 13.8 Å². The van der Waals surface area contributed by atoms with Crippen LogP contribution in [0.2, 0.25) is 0 Å². The Bertz CT molecular complexity index is 1240. The van der Waals surface area contributed by atoms with Gasteiger partial charge < -0.3 is 25.2 Å². The molecule has 0 bridgehead atoms. The van der Waals surface area contributed by atoms with E-state index in [0.29, 0.717) is 48.8 Å². The van der Waals surface area contributed by atoms with Crippen molar-refractivity contribution in [2.75, 3.05) is 50.5 Å². The highest BCUT2D eigenvalue weighted by molar-refractivity contribution is 5.99. The Morgan fingerprint density at radius 1 is 1.16 bits per heavy atom. The third-order valence-corrected chi connectivity index (χ3v) is 6.21. The first-order valence-electron chi connectivity index (χ1n) is 12.4. The number of pyridine rings is 2. The quantitative estimate of drug-likeness (QED) is 0.427. The van der Waals surface area contributed by atoms with Crippen molar-refractivity contribution < 1.29 is 18.3 Å². The van der Waals surface area contributed by atoms with E-state index in [9.17, 15) is 9.18 Å². The zero-order valence-electron chi connectivity index (χ0n) is 21.3. The van der Waals surface area contributed by atoms with Crippen molar-refractivity contribution in [3.05, 3.63) is 77.1 Å². The van der Waals surface area contributed by atoms with Crippen LogP contribution in [-0.2, 0) is 6.54 Å². The van der Waals surface area contributed by atoms with Gasteiger partial charge in [0, 0.05) is 39.2 Å². The van der Waals surface area contributed by atoms with Gasteiger partial charge in [-0.05, 0) is 50.3 Å². The molecule has 8 nitrogen and oxygen atoms in total. The van der Waals surface area contributed by atoms with E-state index in [1.54, 1.807) is 29.2 Å². The lowest BCUT2D eigenvalue weighted by Gasteiger charge is -2.22. The average Bonchev–Trinajstić information content (AvgIpc) is 3.00. The number of nitrogens with one attached hydrogen (secondary N) is 2. The van der Waals surface area contributed by atoms with E-state index in [0.717, 1.165) is 6.54 Å². The first-order valence-corrected chi connectivity index (χ1v) is 12.4. The summed E-state index contributed by atoms with van der Waals surface area (Å²) in [5.41, 5.74) is 1.26. The molecule has 1 aliphatic heterocycles. The molecular weight excluding hydrogens is 478 g/mol. The van der Waals surface area contributed by atoms with Gasteiger partial charge in [-0.1, -0.05) is 12.1 Å². The Hall–Kier alpha value is -3.79. The molecule has 0 radical (unpaired) electrons. The smallest absolute Gasteiger partial charge is 0.258 e. The summed E-state index contributed by atoms with van der Waals surface area (Å²) in [5, 5.41) is 6.21. The van der Waals surface area contributed by atoms with Gasteiger partial charge in [-0.2, -0.15) is 0 Å². The number of fused-ring (bicyclic) bond motifs is 1. The fourth-order valence-electron chi connectivity index (χ4n) is 4.24. The fraction of sp³-hybridized carbons (Fsp3) is 0.370. The van der Waals surface area contributed by atoms with Crippen LogP contribution in [0.25, 0.3) is 0 Å². The second-order valence-electron chi connectivity index (χ2n) is 8.90. The summed E-state index contributed by atoms with van der Waals surface area (Å²) in [6.45, 7) is 4.29. The van der Waals surface area contributed by atoms with Crippen molar-refractivity contribution in [1.29, 1.82) is 0 Å². The number of aromatic nitrogens is 2. The Morgan fingerprint density at radius 2 is 2.00 bits per heavy atom. The van der Waals surface area contributed by atoms with Crippen LogP contribution in [0, 0.1) is 11.6 Å². The van der Waals surface area contributed by atoms with E-state index in [1.807, 2.05) is 25.9 Å². The van der Waals surface area contributed by atoms with Crippen LogP contribution >= 0.6 is 0 Å². The predicted octanol–water partition coefficient (Wildman–Crippen LogP) is 4.01. The van der Waals surface area contributed by atoms with Crippen molar-refractivity contribution >= 4 is 17.5 Å². The van der Waals surface area contributed by atoms with Gasteiger partial charge in [-0.3, -0.25) is 9.78 Å². The van der Waals surface area contributed by atoms with Gasteiger partial charge in [0.25, 0.3) is 5.91 Å². The van der Waals surface area contributed by atoms with Crippen LogP contribution in [0.15, 0.2) is 48.7 Å². The Kier molecular flexibility index (Phi) is 8.50. The SMILES string of the molecule is CCNc1ccc2c(n1)N(C)CCN(Cc1ncc(OC(CCNC)c3cccc(F)c3)cc1F)C2=O. The number of hydrogen-bond donors (Lipinski definition) is 2. The molecule has 1 unspecified atom stereocenters. The lowest BCUT2D eigenvalue weighted by molar-refractivity contribution is 0.0751. The number of likely N-dealkylation sites (N-methyl/N-ethyl adjacent to an activating group) is 1. The van der Waals surface area contributed by atoms with Gasteiger partial charge in [0.15, 0.2) is 0 Å². The molecular formula is C27H32F2N6O2. The van der Waals surface area contributed by atoms with Crippen molar-refractivity contribution in [3.8, 4) is 5.75 Å². The van der Waals surface area contributed by atoms with Crippen LogP contribution in [0.1, 0.15) is 41.1 Å². The lowest BCUT2D eigenvalue weighted by atomic mass is 10.1. The summed E-state index contributed by atoms with van der Waals surface area (Å²) in [7, 11) is 3.70. The molecule has 1 aromatic carbocycles. The molecule has 10 heteroatoms. The van der Waals surface area contributed by atoms with Crippen molar-refractivity contribution in [1.82, 2.24) is 20.2 Å². The molecule has 1 aliphatic rings. The highest BCUT2D eigenvalue weighted by Gasteiger charge is 2.27. The number of anilines is 2. The highest BCUT2D eigenvalue weighted by atomic mass is 19.1. The summed E-state index contributed by atoms with van der Waals surface area (Å²) in [6.07, 6.45) is 1.52. The Balaban J connectivity index is 1.51. The summed E-state index contributed by atoms with van der Waals surface area (Å²) in [6, 6.07) is 11.0. The van der Waals surface area contributed by atoms with E-state index >= 15 is 4.39 Å². The number of benzene rings is 1. The molecule has 0 spiro atoms. The molecule has 196 valence electrons. The monoisotopic (exact) mass is 510 g/mol. The first-order chi connectivity index (χ1) is 17.9. The van der Waals surface area contributed by atoms with E-state index in [1.165, 1.54) is 24.4 Å². The fourth-order valence-corrected chi connectivity index (χ4v) is 4.24. The minimum Gasteiger partial charge on any atom is -0.484 e. The first kappa shape index (κ1) is 26.3. The topological polar surface area (TPSA) is 82.6 Å². The third kappa shape index (κ3) is 6.32. The zero-order valence-corrected chi connectivity index (χ0v) is 21.3. The molecule has 0 saturated heterocycles. The van der Waals surface area contributed by atoms with Crippen LogP contribution < -0.4 is 20.3 Å². The van der Waals surface area contributed by atoms with Crippen molar-refractivity contribution in [2.24, 2.45) is 0 Å². The molecule has 1 atom stereocenters. The van der Waals surface area contributed by atoms with E-state index in [4.69, 9.17) is 4.74 Å². The van der Waals surface area contributed by atoms with Gasteiger partial charge in [0.1, 0.15) is 35.1 Å². The number of carbonyl (C=O) groups excluding carboxylic acids is 1. The normalized spacial score (nSPS) is 14.2. The summed E-state index contributed by atoms with van der Waals surface area (Å²) >= 11 is 0. The molecule has 3 heterocycles. The summed E-state index contributed by atoms with van der Waals surface area (Å²) in [5.74, 6) is 0.360. The summed E-state index contributed by atoms with van der Waals surface area (Å²) < 4.78 is 34.9.